The second-order valence-electron chi connectivity index (χ2n) is 5.87. The highest BCUT2D eigenvalue weighted by Gasteiger charge is 2.06. The van der Waals surface area contributed by atoms with Gasteiger partial charge in [-0.25, -0.2) is 0 Å². The van der Waals surface area contributed by atoms with Crippen LogP contribution in [0.1, 0.15) is 11.3 Å². The van der Waals surface area contributed by atoms with E-state index in [9.17, 15) is 4.79 Å². The number of amides is 1. The van der Waals surface area contributed by atoms with E-state index in [4.69, 9.17) is 4.74 Å². The fourth-order valence-corrected chi connectivity index (χ4v) is 2.94. The van der Waals surface area contributed by atoms with Gasteiger partial charge in [-0.2, -0.15) is 0 Å². The van der Waals surface area contributed by atoms with Crippen LogP contribution in [0.15, 0.2) is 54.6 Å². The van der Waals surface area contributed by atoms with Crippen LogP contribution >= 0.6 is 0 Å². The summed E-state index contributed by atoms with van der Waals surface area (Å²) in [6.45, 7) is 3.49. The van der Waals surface area contributed by atoms with Crippen molar-refractivity contribution in [3.63, 3.8) is 0 Å². The molecular formula is C20H22N2O2. The minimum absolute atomic E-state index is 0.0364. The number of nitrogens with one attached hydrogen (secondary N) is 1. The molecule has 0 atom stereocenters. The van der Waals surface area contributed by atoms with Crippen molar-refractivity contribution in [3.8, 4) is 5.75 Å². The number of rotatable bonds is 6. The van der Waals surface area contributed by atoms with Gasteiger partial charge in [0.1, 0.15) is 5.75 Å². The zero-order valence-electron chi connectivity index (χ0n) is 14.1. The fourth-order valence-electron chi connectivity index (χ4n) is 2.94. The summed E-state index contributed by atoms with van der Waals surface area (Å²) in [6.07, 6.45) is 0.384. The predicted molar refractivity (Wildman–Crippen MR) is 96.4 cm³/mol. The number of fused-ring (bicyclic) bond motifs is 1. The highest BCUT2D eigenvalue weighted by molar-refractivity contribution is 5.81. The first-order valence-corrected chi connectivity index (χ1v) is 8.12. The van der Waals surface area contributed by atoms with Crippen molar-refractivity contribution < 1.29 is 9.53 Å². The SMILES string of the molecule is COc1ccc(CC(=O)NCCn2c(C)cc3ccccc32)cc1. The first kappa shape index (κ1) is 16.1. The molecule has 2 aromatic carbocycles. The van der Waals surface area contributed by atoms with Crippen molar-refractivity contribution in [2.24, 2.45) is 0 Å². The van der Waals surface area contributed by atoms with Crippen molar-refractivity contribution in [3.05, 3.63) is 65.9 Å². The lowest BCUT2D eigenvalue weighted by atomic mass is 10.1. The molecule has 0 aliphatic carbocycles. The van der Waals surface area contributed by atoms with Crippen molar-refractivity contribution in [2.75, 3.05) is 13.7 Å². The average molecular weight is 322 g/mol. The Morgan fingerprint density at radius 3 is 2.62 bits per heavy atom. The van der Waals surface area contributed by atoms with Gasteiger partial charge >= 0.3 is 0 Å². The summed E-state index contributed by atoms with van der Waals surface area (Å²) >= 11 is 0. The van der Waals surface area contributed by atoms with Crippen LogP contribution in [0.25, 0.3) is 10.9 Å². The van der Waals surface area contributed by atoms with E-state index in [0.29, 0.717) is 13.0 Å². The normalized spacial score (nSPS) is 10.8. The summed E-state index contributed by atoms with van der Waals surface area (Å²) in [5, 5.41) is 4.23. The predicted octanol–water partition coefficient (Wildman–Crippen LogP) is 3.32. The van der Waals surface area contributed by atoms with Crippen LogP contribution < -0.4 is 10.1 Å². The van der Waals surface area contributed by atoms with Crippen molar-refractivity contribution in [2.45, 2.75) is 19.9 Å². The van der Waals surface area contributed by atoms with Crippen LogP contribution in [0, 0.1) is 6.92 Å². The Bertz CT molecular complexity index is 834. The van der Waals surface area contributed by atoms with Gasteiger partial charge in [-0.1, -0.05) is 30.3 Å². The number of benzene rings is 2. The quantitative estimate of drug-likeness (QED) is 0.756. The van der Waals surface area contributed by atoms with Crippen LogP contribution in [0.3, 0.4) is 0 Å². The summed E-state index contributed by atoms with van der Waals surface area (Å²) in [5.74, 6) is 0.836. The molecule has 0 saturated carbocycles. The second kappa shape index (κ2) is 7.21. The Morgan fingerprint density at radius 1 is 1.12 bits per heavy atom. The molecule has 3 rings (SSSR count). The third kappa shape index (κ3) is 3.59. The number of para-hydroxylation sites is 1. The van der Waals surface area contributed by atoms with E-state index in [-0.39, 0.29) is 5.91 Å². The zero-order valence-corrected chi connectivity index (χ0v) is 14.1. The van der Waals surface area contributed by atoms with Gasteiger partial charge in [0.25, 0.3) is 0 Å². The molecule has 1 N–H and O–H groups in total. The highest BCUT2D eigenvalue weighted by Crippen LogP contribution is 2.18. The third-order valence-electron chi connectivity index (χ3n) is 4.20. The maximum atomic E-state index is 12.1. The van der Waals surface area contributed by atoms with Crippen LogP contribution in [0.4, 0.5) is 0 Å². The summed E-state index contributed by atoms with van der Waals surface area (Å²) in [4.78, 5) is 12.1. The number of methoxy groups -OCH3 is 1. The van der Waals surface area contributed by atoms with Crippen molar-refractivity contribution in [1.29, 1.82) is 0 Å². The Labute approximate surface area is 142 Å². The fraction of sp³-hybridized carbons (Fsp3) is 0.250. The molecule has 4 heteroatoms. The molecule has 24 heavy (non-hydrogen) atoms. The van der Waals surface area contributed by atoms with Crippen molar-refractivity contribution >= 4 is 16.8 Å². The lowest BCUT2D eigenvalue weighted by Gasteiger charge is -2.10. The Kier molecular flexibility index (Phi) is 4.85. The monoisotopic (exact) mass is 322 g/mol. The summed E-state index contributed by atoms with van der Waals surface area (Å²) in [7, 11) is 1.63. The molecule has 1 aromatic heterocycles. The number of ether oxygens (including phenoxy) is 1. The van der Waals surface area contributed by atoms with Gasteiger partial charge < -0.3 is 14.6 Å². The Balaban J connectivity index is 1.55. The minimum Gasteiger partial charge on any atom is -0.497 e. The molecule has 0 bridgehead atoms. The van der Waals surface area contributed by atoms with Gasteiger partial charge in [0, 0.05) is 24.3 Å². The molecule has 1 amide bonds. The number of nitrogens with zero attached hydrogens (tertiary/aromatic N) is 1. The molecule has 0 aliphatic heterocycles. The number of aryl methyl sites for hydroxylation is 1. The van der Waals surface area contributed by atoms with Gasteiger partial charge in [-0.3, -0.25) is 4.79 Å². The number of hydrogen-bond donors (Lipinski definition) is 1. The molecule has 0 aliphatic rings. The van der Waals surface area contributed by atoms with E-state index >= 15 is 0 Å². The van der Waals surface area contributed by atoms with E-state index in [1.165, 1.54) is 16.6 Å². The van der Waals surface area contributed by atoms with Crippen molar-refractivity contribution in [1.82, 2.24) is 9.88 Å². The van der Waals surface area contributed by atoms with Gasteiger partial charge in [-0.05, 0) is 42.1 Å². The minimum atomic E-state index is 0.0364. The van der Waals surface area contributed by atoms with E-state index < -0.39 is 0 Å². The van der Waals surface area contributed by atoms with E-state index in [0.717, 1.165) is 17.9 Å². The topological polar surface area (TPSA) is 43.3 Å². The standard InChI is InChI=1S/C20H22N2O2/c1-15-13-17-5-3-4-6-19(17)22(15)12-11-21-20(23)14-16-7-9-18(24-2)10-8-16/h3-10,13H,11-12,14H2,1-2H3,(H,21,23). The molecule has 3 aromatic rings. The molecule has 4 nitrogen and oxygen atoms in total. The largest absolute Gasteiger partial charge is 0.497 e. The van der Waals surface area contributed by atoms with Gasteiger partial charge in [0.05, 0.1) is 13.5 Å². The average Bonchev–Trinajstić information content (AvgIpc) is 2.91. The number of aromatic nitrogens is 1. The highest BCUT2D eigenvalue weighted by atomic mass is 16.5. The maximum Gasteiger partial charge on any atom is 0.224 e. The molecule has 0 spiro atoms. The van der Waals surface area contributed by atoms with E-state index in [2.05, 4.69) is 35.0 Å². The molecule has 0 fully saturated rings. The lowest BCUT2D eigenvalue weighted by Crippen LogP contribution is -2.28. The van der Waals surface area contributed by atoms with Gasteiger partial charge in [0.15, 0.2) is 0 Å². The summed E-state index contributed by atoms with van der Waals surface area (Å²) in [5.41, 5.74) is 3.40. The lowest BCUT2D eigenvalue weighted by molar-refractivity contribution is -0.120. The van der Waals surface area contributed by atoms with Crippen LogP contribution in [0.2, 0.25) is 0 Å². The van der Waals surface area contributed by atoms with Crippen LogP contribution in [-0.4, -0.2) is 24.1 Å². The van der Waals surface area contributed by atoms with Crippen LogP contribution in [-0.2, 0) is 17.8 Å². The van der Waals surface area contributed by atoms with Crippen LogP contribution in [0.5, 0.6) is 5.75 Å². The molecule has 0 saturated heterocycles. The molecular weight excluding hydrogens is 300 g/mol. The number of hydrogen-bond acceptors (Lipinski definition) is 2. The van der Waals surface area contributed by atoms with E-state index in [1.807, 2.05) is 36.4 Å². The molecule has 1 heterocycles. The van der Waals surface area contributed by atoms with Gasteiger partial charge in [-0.15, -0.1) is 0 Å². The first-order valence-electron chi connectivity index (χ1n) is 8.12. The smallest absolute Gasteiger partial charge is 0.224 e. The maximum absolute atomic E-state index is 12.1. The zero-order chi connectivity index (χ0) is 16.9. The molecule has 0 radical (unpaired) electrons. The number of carbonyl (C=O) groups excluding carboxylic acids is 1. The Morgan fingerprint density at radius 2 is 1.88 bits per heavy atom. The summed E-state index contributed by atoms with van der Waals surface area (Å²) < 4.78 is 7.36. The summed E-state index contributed by atoms with van der Waals surface area (Å²) in [6, 6.07) is 18.1. The van der Waals surface area contributed by atoms with E-state index in [1.54, 1.807) is 7.11 Å². The molecule has 0 unspecified atom stereocenters. The molecule has 124 valence electrons. The third-order valence-corrected chi connectivity index (χ3v) is 4.20. The van der Waals surface area contributed by atoms with Gasteiger partial charge in [0.2, 0.25) is 5.91 Å². The second-order valence-corrected chi connectivity index (χ2v) is 5.87. The Hall–Kier alpha value is -2.75. The first-order chi connectivity index (χ1) is 11.7. The number of carbonyl (C=O) groups is 1.